The van der Waals surface area contributed by atoms with Crippen LogP contribution in [0.15, 0.2) is 0 Å². The zero-order valence-corrected chi connectivity index (χ0v) is 8.65. The van der Waals surface area contributed by atoms with E-state index in [1.165, 1.54) is 0 Å². The second kappa shape index (κ2) is 7.37. The molecular weight excluding hydrogens is 178 g/mol. The van der Waals surface area contributed by atoms with Gasteiger partial charge in [0.25, 0.3) is 0 Å². The van der Waals surface area contributed by atoms with Gasteiger partial charge >= 0.3 is 5.97 Å². The van der Waals surface area contributed by atoms with Crippen LogP contribution in [0.2, 0.25) is 0 Å². The topological polar surface area (TPSA) is 49.3 Å². The van der Waals surface area contributed by atoms with E-state index in [1.807, 2.05) is 0 Å². The predicted octanol–water partition coefficient (Wildman–Crippen LogP) is 1.52. The summed E-state index contributed by atoms with van der Waals surface area (Å²) in [5.74, 6) is -0.155. The van der Waals surface area contributed by atoms with Gasteiger partial charge in [0.2, 0.25) is 0 Å². The van der Waals surface area contributed by atoms with E-state index in [0.717, 1.165) is 13.0 Å². The summed E-state index contributed by atoms with van der Waals surface area (Å²) >= 11 is 0. The van der Waals surface area contributed by atoms with Crippen LogP contribution in [0.25, 0.3) is 0 Å². The van der Waals surface area contributed by atoms with Gasteiger partial charge in [0, 0.05) is 0 Å². The van der Waals surface area contributed by atoms with Crippen molar-refractivity contribution < 1.29 is 9.90 Å². The smallest absolute Gasteiger partial charge is 0.320 e. The lowest BCUT2D eigenvalue weighted by Gasteiger charge is -2.09. The van der Waals surface area contributed by atoms with Crippen LogP contribution in [-0.4, -0.2) is 23.7 Å². The minimum atomic E-state index is -0.784. The molecule has 74 valence electrons. The second-order valence-electron chi connectivity index (χ2n) is 3.20. The number of carbonyl (C=O) groups is 1. The molecule has 0 heterocycles. The molecular formula is C8H18ClNO2. The molecule has 0 rings (SSSR count). The molecule has 1 atom stereocenters. The van der Waals surface area contributed by atoms with Crippen LogP contribution in [0.1, 0.15) is 27.2 Å². The Morgan fingerprint density at radius 3 is 2.25 bits per heavy atom. The van der Waals surface area contributed by atoms with Gasteiger partial charge in [-0.05, 0) is 25.8 Å². The number of halogens is 1. The molecule has 0 aliphatic rings. The molecule has 4 heteroatoms. The molecule has 0 aromatic rings. The number of carboxylic acids is 1. The largest absolute Gasteiger partial charge is 0.480 e. The molecule has 0 radical (unpaired) electrons. The lowest BCUT2D eigenvalue weighted by molar-refractivity contribution is -0.139. The maximum absolute atomic E-state index is 10.3. The summed E-state index contributed by atoms with van der Waals surface area (Å²) in [5.41, 5.74) is 0. The third-order valence-electron chi connectivity index (χ3n) is 1.54. The molecule has 3 nitrogen and oxygen atoms in total. The van der Waals surface area contributed by atoms with Crippen LogP contribution in [0.3, 0.4) is 0 Å². The SMILES string of the molecule is CC(C)CCNC(C)C(=O)O.Cl. The van der Waals surface area contributed by atoms with Gasteiger partial charge in [-0.2, -0.15) is 0 Å². The van der Waals surface area contributed by atoms with Gasteiger partial charge in [-0.3, -0.25) is 4.79 Å². The Morgan fingerprint density at radius 1 is 1.42 bits per heavy atom. The lowest BCUT2D eigenvalue weighted by atomic mass is 10.1. The van der Waals surface area contributed by atoms with Gasteiger partial charge in [-0.1, -0.05) is 13.8 Å². The standard InChI is InChI=1S/C8H17NO2.ClH/c1-6(2)4-5-9-7(3)8(10)11;/h6-7,9H,4-5H2,1-3H3,(H,10,11);1H. The summed E-state index contributed by atoms with van der Waals surface area (Å²) in [4.78, 5) is 10.3. The molecule has 0 spiro atoms. The van der Waals surface area contributed by atoms with Crippen molar-refractivity contribution in [2.75, 3.05) is 6.54 Å². The Balaban J connectivity index is 0. The van der Waals surface area contributed by atoms with E-state index < -0.39 is 12.0 Å². The third-order valence-corrected chi connectivity index (χ3v) is 1.54. The number of hydrogen-bond acceptors (Lipinski definition) is 2. The van der Waals surface area contributed by atoms with E-state index in [0.29, 0.717) is 5.92 Å². The van der Waals surface area contributed by atoms with Crippen molar-refractivity contribution in [3.63, 3.8) is 0 Å². The fourth-order valence-corrected chi connectivity index (χ4v) is 0.676. The van der Waals surface area contributed by atoms with Crippen LogP contribution in [0.5, 0.6) is 0 Å². The van der Waals surface area contributed by atoms with Crippen molar-refractivity contribution in [3.8, 4) is 0 Å². The van der Waals surface area contributed by atoms with Crippen molar-refractivity contribution in [3.05, 3.63) is 0 Å². The maximum atomic E-state index is 10.3. The summed E-state index contributed by atoms with van der Waals surface area (Å²) in [6, 6.07) is -0.422. The zero-order valence-electron chi connectivity index (χ0n) is 7.83. The summed E-state index contributed by atoms with van der Waals surface area (Å²) in [7, 11) is 0. The minimum Gasteiger partial charge on any atom is -0.480 e. The molecule has 2 N–H and O–H groups in total. The average Bonchev–Trinajstić information content (AvgIpc) is 1.86. The van der Waals surface area contributed by atoms with Gasteiger partial charge < -0.3 is 10.4 Å². The van der Waals surface area contributed by atoms with Crippen LogP contribution >= 0.6 is 12.4 Å². The van der Waals surface area contributed by atoms with Gasteiger partial charge in [0.05, 0.1) is 0 Å². The first-order chi connectivity index (χ1) is 5.04. The molecule has 0 saturated carbocycles. The van der Waals surface area contributed by atoms with E-state index in [9.17, 15) is 4.79 Å². The molecule has 0 aliphatic heterocycles. The minimum absolute atomic E-state index is 0. The monoisotopic (exact) mass is 195 g/mol. The zero-order chi connectivity index (χ0) is 8.85. The van der Waals surface area contributed by atoms with Gasteiger partial charge in [-0.25, -0.2) is 0 Å². The lowest BCUT2D eigenvalue weighted by Crippen LogP contribution is -2.34. The first kappa shape index (κ1) is 14.3. The number of hydrogen-bond donors (Lipinski definition) is 2. The average molecular weight is 196 g/mol. The molecule has 1 unspecified atom stereocenters. The Labute approximate surface area is 80.0 Å². The van der Waals surface area contributed by atoms with Crippen molar-refractivity contribution in [2.24, 2.45) is 5.92 Å². The molecule has 12 heavy (non-hydrogen) atoms. The quantitative estimate of drug-likeness (QED) is 0.700. The summed E-state index contributed by atoms with van der Waals surface area (Å²) < 4.78 is 0. The van der Waals surface area contributed by atoms with Crippen molar-refractivity contribution >= 4 is 18.4 Å². The normalized spacial score (nSPS) is 12.3. The van der Waals surface area contributed by atoms with Crippen LogP contribution < -0.4 is 5.32 Å². The highest BCUT2D eigenvalue weighted by Gasteiger charge is 2.08. The van der Waals surface area contributed by atoms with Crippen LogP contribution in [0, 0.1) is 5.92 Å². The van der Waals surface area contributed by atoms with Gasteiger partial charge in [0.1, 0.15) is 6.04 Å². The predicted molar refractivity (Wildman–Crippen MR) is 51.8 cm³/mol. The number of aliphatic carboxylic acids is 1. The van der Waals surface area contributed by atoms with Crippen LogP contribution in [0.4, 0.5) is 0 Å². The van der Waals surface area contributed by atoms with E-state index in [-0.39, 0.29) is 12.4 Å². The summed E-state index contributed by atoms with van der Waals surface area (Å²) in [6.07, 6.45) is 1.03. The Bertz CT molecular complexity index is 128. The highest BCUT2D eigenvalue weighted by molar-refractivity contribution is 5.85. The fraction of sp³-hybridized carbons (Fsp3) is 0.875. The maximum Gasteiger partial charge on any atom is 0.320 e. The van der Waals surface area contributed by atoms with E-state index in [4.69, 9.17) is 5.11 Å². The summed E-state index contributed by atoms with van der Waals surface area (Å²) in [5, 5.41) is 11.4. The third kappa shape index (κ3) is 7.82. The van der Waals surface area contributed by atoms with Crippen molar-refractivity contribution in [1.82, 2.24) is 5.32 Å². The molecule has 0 bridgehead atoms. The number of rotatable bonds is 5. The van der Waals surface area contributed by atoms with E-state index in [2.05, 4.69) is 19.2 Å². The Hall–Kier alpha value is -0.280. The Morgan fingerprint density at radius 2 is 1.92 bits per heavy atom. The van der Waals surface area contributed by atoms with Crippen molar-refractivity contribution in [2.45, 2.75) is 33.2 Å². The summed E-state index contributed by atoms with van der Waals surface area (Å²) in [6.45, 7) is 6.67. The highest BCUT2D eigenvalue weighted by Crippen LogP contribution is 1.96. The first-order valence-electron chi connectivity index (χ1n) is 4.00. The molecule has 0 aliphatic carbocycles. The fourth-order valence-electron chi connectivity index (χ4n) is 0.676. The van der Waals surface area contributed by atoms with E-state index >= 15 is 0 Å². The number of nitrogens with one attached hydrogen (secondary N) is 1. The van der Waals surface area contributed by atoms with E-state index in [1.54, 1.807) is 6.92 Å². The van der Waals surface area contributed by atoms with Crippen LogP contribution in [-0.2, 0) is 4.79 Å². The molecule has 0 aromatic carbocycles. The second-order valence-corrected chi connectivity index (χ2v) is 3.20. The molecule has 0 aromatic heterocycles. The number of carboxylic acid groups (broad SMARTS) is 1. The first-order valence-corrected chi connectivity index (χ1v) is 4.00. The molecule has 0 fully saturated rings. The molecule has 0 saturated heterocycles. The Kier molecular flexibility index (Phi) is 8.76. The molecule has 0 amide bonds. The van der Waals surface area contributed by atoms with Gasteiger partial charge in [0.15, 0.2) is 0 Å². The highest BCUT2D eigenvalue weighted by atomic mass is 35.5. The van der Waals surface area contributed by atoms with Crippen molar-refractivity contribution in [1.29, 1.82) is 0 Å². The van der Waals surface area contributed by atoms with Gasteiger partial charge in [-0.15, -0.1) is 12.4 Å².